The van der Waals surface area contributed by atoms with E-state index in [1.165, 1.54) is 22.3 Å². The molecule has 0 aromatic carbocycles. The lowest BCUT2D eigenvalue weighted by atomic mass is 10.3. The fourth-order valence-corrected chi connectivity index (χ4v) is 2.11. The van der Waals surface area contributed by atoms with Gasteiger partial charge in [-0.25, -0.2) is 9.78 Å². The lowest BCUT2D eigenvalue weighted by molar-refractivity contribution is -0.175. The number of rotatable bonds is 4. The van der Waals surface area contributed by atoms with E-state index in [0.717, 1.165) is 0 Å². The van der Waals surface area contributed by atoms with Crippen molar-refractivity contribution in [3.8, 4) is 0 Å². The molecule has 0 aliphatic rings. The van der Waals surface area contributed by atoms with Crippen LogP contribution in [0, 0.1) is 0 Å². The zero-order valence-electron chi connectivity index (χ0n) is 10.8. The van der Waals surface area contributed by atoms with E-state index < -0.39 is 30.6 Å². The number of carbonyl (C=O) groups excluding carboxylic acids is 1. The van der Waals surface area contributed by atoms with E-state index in [9.17, 15) is 22.8 Å². The molecular weight excluding hydrogens is 327 g/mol. The fourth-order valence-electron chi connectivity index (χ4n) is 1.84. The van der Waals surface area contributed by atoms with Crippen LogP contribution in [0.3, 0.4) is 0 Å². The van der Waals surface area contributed by atoms with Crippen molar-refractivity contribution in [1.82, 2.24) is 14.9 Å². The number of halogens is 4. The predicted octanol–water partition coefficient (Wildman–Crippen LogP) is 1.82. The summed E-state index contributed by atoms with van der Waals surface area (Å²) < 4.78 is 37.9. The predicted molar refractivity (Wildman–Crippen MR) is 70.4 cm³/mol. The Labute approximate surface area is 126 Å². The monoisotopic (exact) mass is 335 g/mol. The van der Waals surface area contributed by atoms with Crippen molar-refractivity contribution < 1.29 is 27.9 Å². The van der Waals surface area contributed by atoms with E-state index in [2.05, 4.69) is 4.98 Å². The van der Waals surface area contributed by atoms with Crippen molar-refractivity contribution in [1.29, 1.82) is 0 Å². The molecule has 2 aromatic heterocycles. The average molecular weight is 336 g/mol. The molecule has 1 unspecified atom stereocenters. The molecule has 2 N–H and O–H groups in total. The summed E-state index contributed by atoms with van der Waals surface area (Å²) in [6, 6.07) is 1.46. The molecule has 118 valence electrons. The number of nitrogens with one attached hydrogen (secondary N) is 1. The molecule has 0 saturated heterocycles. The Bertz CT molecular complexity index is 729. The van der Waals surface area contributed by atoms with Gasteiger partial charge in [0, 0.05) is 17.8 Å². The maximum atomic E-state index is 12.2. The molecule has 0 aliphatic heterocycles. The summed E-state index contributed by atoms with van der Waals surface area (Å²) in [4.78, 5) is 25.9. The molecule has 0 spiro atoms. The minimum absolute atomic E-state index is 0.273. The molecule has 1 amide bonds. The maximum absolute atomic E-state index is 12.2. The molecule has 22 heavy (non-hydrogen) atoms. The Hall–Kier alpha value is -2.29. The Morgan fingerprint density at radius 3 is 2.73 bits per heavy atom. The average Bonchev–Trinajstić information content (AvgIpc) is 2.74. The van der Waals surface area contributed by atoms with Gasteiger partial charge in [-0.1, -0.05) is 11.6 Å². The summed E-state index contributed by atoms with van der Waals surface area (Å²) in [5, 5.41) is 11.2. The van der Waals surface area contributed by atoms with Gasteiger partial charge in [-0.2, -0.15) is 13.2 Å². The number of alkyl halides is 3. The highest BCUT2D eigenvalue weighted by Gasteiger charge is 2.41. The number of aromatic nitrogens is 2. The molecule has 0 saturated carbocycles. The van der Waals surface area contributed by atoms with Crippen molar-refractivity contribution in [2.24, 2.45) is 0 Å². The van der Waals surface area contributed by atoms with Gasteiger partial charge < -0.3 is 15.0 Å². The molecule has 10 heteroatoms. The number of hydrogen-bond acceptors (Lipinski definition) is 3. The first-order valence-electron chi connectivity index (χ1n) is 5.90. The smallest absolute Gasteiger partial charge is 0.471 e. The van der Waals surface area contributed by atoms with Crippen LogP contribution in [0.15, 0.2) is 24.5 Å². The van der Waals surface area contributed by atoms with Gasteiger partial charge in [0.15, 0.2) is 0 Å². The van der Waals surface area contributed by atoms with Crippen LogP contribution >= 0.6 is 11.6 Å². The first-order chi connectivity index (χ1) is 10.2. The third kappa shape index (κ3) is 3.30. The summed E-state index contributed by atoms with van der Waals surface area (Å²) >= 11 is 5.94. The molecule has 2 rings (SSSR count). The summed E-state index contributed by atoms with van der Waals surface area (Å²) in [5.41, 5.74) is 0.306. The Morgan fingerprint density at radius 2 is 2.14 bits per heavy atom. The number of fused-ring (bicyclic) bond motifs is 1. The molecule has 2 aromatic rings. The van der Waals surface area contributed by atoms with E-state index in [4.69, 9.17) is 16.7 Å². The second-order valence-electron chi connectivity index (χ2n) is 4.37. The molecule has 0 aliphatic carbocycles. The van der Waals surface area contributed by atoms with E-state index in [1.54, 1.807) is 12.1 Å². The van der Waals surface area contributed by atoms with Gasteiger partial charge in [0.05, 0.1) is 11.6 Å². The highest BCUT2D eigenvalue weighted by molar-refractivity contribution is 6.35. The zero-order chi connectivity index (χ0) is 16.5. The van der Waals surface area contributed by atoms with E-state index in [-0.39, 0.29) is 5.02 Å². The van der Waals surface area contributed by atoms with Crippen LogP contribution in [-0.4, -0.2) is 38.8 Å². The van der Waals surface area contributed by atoms with Crippen molar-refractivity contribution in [3.05, 3.63) is 29.5 Å². The standard InChI is InChI=1S/C12H9ClF3N3O3/c13-7-4-19(9-6(7)2-1-3-17-9)5-8(10(20)21)18-11(22)12(14,15)16/h1-4,8H,5H2,(H,18,22)(H,20,21). The number of nitrogens with zero attached hydrogens (tertiary/aromatic N) is 2. The highest BCUT2D eigenvalue weighted by Crippen LogP contribution is 2.24. The van der Waals surface area contributed by atoms with Gasteiger partial charge in [-0.15, -0.1) is 0 Å². The maximum Gasteiger partial charge on any atom is 0.471 e. The summed E-state index contributed by atoms with van der Waals surface area (Å²) in [6.07, 6.45) is -2.39. The molecule has 0 radical (unpaired) electrons. The lowest BCUT2D eigenvalue weighted by Gasteiger charge is -2.16. The van der Waals surface area contributed by atoms with Crippen LogP contribution in [-0.2, 0) is 16.1 Å². The minimum atomic E-state index is -5.16. The Morgan fingerprint density at radius 1 is 1.45 bits per heavy atom. The van der Waals surface area contributed by atoms with E-state index >= 15 is 0 Å². The normalized spacial score (nSPS) is 13.1. The fraction of sp³-hybridized carbons (Fsp3) is 0.250. The third-order valence-corrected chi connectivity index (χ3v) is 3.13. The number of pyridine rings is 1. The van der Waals surface area contributed by atoms with Gasteiger partial charge in [-0.05, 0) is 12.1 Å². The lowest BCUT2D eigenvalue weighted by Crippen LogP contribution is -2.48. The number of carboxylic acids is 1. The van der Waals surface area contributed by atoms with Crippen molar-refractivity contribution >= 4 is 34.5 Å². The van der Waals surface area contributed by atoms with Gasteiger partial charge >= 0.3 is 18.1 Å². The molecule has 0 bridgehead atoms. The molecule has 0 fully saturated rings. The van der Waals surface area contributed by atoms with Gasteiger partial charge in [0.25, 0.3) is 0 Å². The quantitative estimate of drug-likeness (QED) is 0.892. The second-order valence-corrected chi connectivity index (χ2v) is 4.77. The SMILES string of the molecule is O=C(O)C(Cn1cc(Cl)c2cccnc21)NC(=O)C(F)(F)F. The second kappa shape index (κ2) is 5.84. The summed E-state index contributed by atoms with van der Waals surface area (Å²) in [7, 11) is 0. The molecular formula is C12H9ClF3N3O3. The summed E-state index contributed by atoms with van der Waals surface area (Å²) in [6.45, 7) is -0.447. The number of carboxylic acid groups (broad SMARTS) is 1. The van der Waals surface area contributed by atoms with Crippen LogP contribution in [0.25, 0.3) is 11.0 Å². The van der Waals surface area contributed by atoms with Gasteiger partial charge in [0.1, 0.15) is 11.7 Å². The van der Waals surface area contributed by atoms with E-state index in [1.807, 2.05) is 0 Å². The first kappa shape index (κ1) is 16.1. The molecule has 2 heterocycles. The molecule has 6 nitrogen and oxygen atoms in total. The zero-order valence-corrected chi connectivity index (χ0v) is 11.5. The Balaban J connectivity index is 2.28. The van der Waals surface area contributed by atoms with Crippen LogP contribution in [0.5, 0.6) is 0 Å². The van der Waals surface area contributed by atoms with Crippen LogP contribution in [0.1, 0.15) is 0 Å². The number of amides is 1. The Kier molecular flexibility index (Phi) is 4.27. The van der Waals surface area contributed by atoms with E-state index in [0.29, 0.717) is 11.0 Å². The molecule has 1 atom stereocenters. The van der Waals surface area contributed by atoms with Crippen LogP contribution < -0.4 is 5.32 Å². The third-order valence-electron chi connectivity index (χ3n) is 2.83. The van der Waals surface area contributed by atoms with Crippen molar-refractivity contribution in [3.63, 3.8) is 0 Å². The number of hydrogen-bond donors (Lipinski definition) is 2. The topological polar surface area (TPSA) is 84.2 Å². The van der Waals surface area contributed by atoms with Crippen molar-refractivity contribution in [2.75, 3.05) is 0 Å². The van der Waals surface area contributed by atoms with Gasteiger partial charge in [-0.3, -0.25) is 4.79 Å². The van der Waals surface area contributed by atoms with Crippen LogP contribution in [0.4, 0.5) is 13.2 Å². The summed E-state index contributed by atoms with van der Waals surface area (Å²) in [5.74, 6) is -3.93. The van der Waals surface area contributed by atoms with Gasteiger partial charge in [0.2, 0.25) is 0 Å². The van der Waals surface area contributed by atoms with Crippen LogP contribution in [0.2, 0.25) is 5.02 Å². The first-order valence-corrected chi connectivity index (χ1v) is 6.28. The number of aliphatic carboxylic acids is 1. The highest BCUT2D eigenvalue weighted by atomic mass is 35.5. The number of carbonyl (C=O) groups is 2. The largest absolute Gasteiger partial charge is 0.480 e. The van der Waals surface area contributed by atoms with Crippen molar-refractivity contribution in [2.45, 2.75) is 18.8 Å². The minimum Gasteiger partial charge on any atom is -0.480 e.